The van der Waals surface area contributed by atoms with Crippen molar-refractivity contribution in [1.82, 2.24) is 25.1 Å². The van der Waals surface area contributed by atoms with E-state index >= 15 is 0 Å². The Labute approximate surface area is 136 Å². The van der Waals surface area contributed by atoms with Crippen LogP contribution >= 0.6 is 23.4 Å². The Kier molecular flexibility index (Phi) is 5.69. The van der Waals surface area contributed by atoms with Gasteiger partial charge in [-0.05, 0) is 36.2 Å². The summed E-state index contributed by atoms with van der Waals surface area (Å²) in [4.78, 5) is 12.4. The van der Waals surface area contributed by atoms with Crippen molar-refractivity contribution < 1.29 is 4.92 Å². The molecule has 0 saturated carbocycles. The van der Waals surface area contributed by atoms with E-state index in [2.05, 4.69) is 15.5 Å². The number of thioether (sulfide) groups is 1. The largest absolute Gasteiger partial charge is 0.308 e. The van der Waals surface area contributed by atoms with Crippen LogP contribution in [0.5, 0.6) is 0 Å². The van der Waals surface area contributed by atoms with Crippen LogP contribution in [0.15, 0.2) is 23.4 Å². The quantitative estimate of drug-likeness (QED) is 0.432. The van der Waals surface area contributed by atoms with Gasteiger partial charge in [0.25, 0.3) is 5.69 Å². The number of halogens is 1. The number of benzene rings is 1. The Morgan fingerprint density at radius 2 is 2.23 bits per heavy atom. The van der Waals surface area contributed by atoms with Crippen LogP contribution in [-0.2, 0) is 12.3 Å². The van der Waals surface area contributed by atoms with E-state index in [1.54, 1.807) is 10.7 Å². The minimum absolute atomic E-state index is 0.0908. The SMILES string of the molecule is CN(C)CCn1nnnc1SCc1ccc(Cl)c([N+](=O)[O-])c1. The van der Waals surface area contributed by atoms with Gasteiger partial charge < -0.3 is 4.90 Å². The highest BCUT2D eigenvalue weighted by Gasteiger charge is 2.14. The first-order valence-corrected chi connectivity index (χ1v) is 7.80. The molecule has 0 aliphatic carbocycles. The molecule has 0 amide bonds. The zero-order valence-electron chi connectivity index (χ0n) is 12.1. The molecule has 1 aromatic heterocycles. The van der Waals surface area contributed by atoms with Crippen molar-refractivity contribution in [3.05, 3.63) is 38.9 Å². The molecule has 0 spiro atoms. The molecule has 0 fully saturated rings. The molecule has 2 aromatic rings. The lowest BCUT2D eigenvalue weighted by molar-refractivity contribution is -0.384. The second-order valence-corrected chi connectivity index (χ2v) is 6.17. The predicted octanol–water partition coefficient (Wildman–Crippen LogP) is 2.09. The topological polar surface area (TPSA) is 90.0 Å². The van der Waals surface area contributed by atoms with Crippen LogP contribution in [0.4, 0.5) is 5.69 Å². The summed E-state index contributed by atoms with van der Waals surface area (Å²) in [5.41, 5.74) is 0.704. The summed E-state index contributed by atoms with van der Waals surface area (Å²) in [6.07, 6.45) is 0. The van der Waals surface area contributed by atoms with E-state index in [4.69, 9.17) is 11.6 Å². The zero-order valence-corrected chi connectivity index (χ0v) is 13.7. The van der Waals surface area contributed by atoms with Gasteiger partial charge in [-0.3, -0.25) is 10.1 Å². The van der Waals surface area contributed by atoms with Crippen molar-refractivity contribution in [2.45, 2.75) is 17.5 Å². The Morgan fingerprint density at radius 3 is 2.91 bits per heavy atom. The molecule has 0 radical (unpaired) electrons. The number of hydrogen-bond donors (Lipinski definition) is 0. The molecule has 0 unspecified atom stereocenters. The number of rotatable bonds is 7. The van der Waals surface area contributed by atoms with E-state index in [1.165, 1.54) is 23.9 Å². The Hall–Kier alpha value is -1.71. The maximum absolute atomic E-state index is 10.9. The van der Waals surface area contributed by atoms with Crippen LogP contribution in [0.25, 0.3) is 0 Å². The smallest absolute Gasteiger partial charge is 0.288 e. The van der Waals surface area contributed by atoms with Gasteiger partial charge in [-0.2, -0.15) is 0 Å². The monoisotopic (exact) mass is 342 g/mol. The highest BCUT2D eigenvalue weighted by molar-refractivity contribution is 7.98. The Bertz CT molecular complexity index is 663. The number of aromatic nitrogens is 4. The molecule has 10 heteroatoms. The van der Waals surface area contributed by atoms with Crippen LogP contribution < -0.4 is 0 Å². The summed E-state index contributed by atoms with van der Waals surface area (Å²) >= 11 is 7.22. The fourth-order valence-corrected chi connectivity index (χ4v) is 2.70. The third kappa shape index (κ3) is 4.39. The molecule has 0 atom stereocenters. The number of likely N-dealkylation sites (N-methyl/N-ethyl adjacent to an activating group) is 1. The van der Waals surface area contributed by atoms with E-state index in [0.717, 1.165) is 12.1 Å². The van der Waals surface area contributed by atoms with Gasteiger partial charge in [-0.15, -0.1) is 5.10 Å². The van der Waals surface area contributed by atoms with Gasteiger partial charge in [0, 0.05) is 18.4 Å². The van der Waals surface area contributed by atoms with Crippen molar-refractivity contribution in [2.24, 2.45) is 0 Å². The lowest BCUT2D eigenvalue weighted by atomic mass is 10.2. The van der Waals surface area contributed by atoms with E-state index < -0.39 is 4.92 Å². The van der Waals surface area contributed by atoms with Crippen molar-refractivity contribution >= 4 is 29.1 Å². The minimum Gasteiger partial charge on any atom is -0.308 e. The van der Waals surface area contributed by atoms with Crippen molar-refractivity contribution in [3.63, 3.8) is 0 Å². The average molecular weight is 343 g/mol. The fraction of sp³-hybridized carbons (Fsp3) is 0.417. The lowest BCUT2D eigenvalue weighted by Gasteiger charge is -2.09. The molecular formula is C12H15ClN6O2S. The van der Waals surface area contributed by atoms with Gasteiger partial charge in [0.05, 0.1) is 11.5 Å². The molecule has 2 rings (SSSR count). The molecule has 8 nitrogen and oxygen atoms in total. The Morgan fingerprint density at radius 1 is 1.45 bits per heavy atom. The Balaban J connectivity index is 2.03. The number of hydrogen-bond acceptors (Lipinski definition) is 7. The molecular weight excluding hydrogens is 328 g/mol. The van der Waals surface area contributed by atoms with Crippen molar-refractivity contribution in [1.29, 1.82) is 0 Å². The van der Waals surface area contributed by atoms with Crippen LogP contribution in [0.1, 0.15) is 5.56 Å². The van der Waals surface area contributed by atoms with Gasteiger partial charge >= 0.3 is 0 Å². The fourth-order valence-electron chi connectivity index (χ4n) is 1.67. The molecule has 0 aliphatic rings. The summed E-state index contributed by atoms with van der Waals surface area (Å²) in [6, 6.07) is 4.77. The second-order valence-electron chi connectivity index (χ2n) is 4.82. The first-order valence-electron chi connectivity index (χ1n) is 6.44. The third-order valence-electron chi connectivity index (χ3n) is 2.83. The first-order chi connectivity index (χ1) is 10.5. The van der Waals surface area contributed by atoms with Gasteiger partial charge in [0.2, 0.25) is 5.16 Å². The van der Waals surface area contributed by atoms with E-state index in [-0.39, 0.29) is 10.7 Å². The predicted molar refractivity (Wildman–Crippen MR) is 84.0 cm³/mol. The number of nitro groups is 1. The second kappa shape index (κ2) is 7.52. The third-order valence-corrected chi connectivity index (χ3v) is 4.18. The molecule has 1 aromatic carbocycles. The molecule has 0 saturated heterocycles. The standard InChI is InChI=1S/C12H15ClN6O2S/c1-17(2)5-6-18-12(14-15-16-18)22-8-9-3-4-10(13)11(7-9)19(20)21/h3-4,7H,5-6,8H2,1-2H3. The zero-order chi connectivity index (χ0) is 16.1. The number of nitrogens with zero attached hydrogens (tertiary/aromatic N) is 6. The van der Waals surface area contributed by atoms with Crippen LogP contribution in [-0.4, -0.2) is 50.7 Å². The normalized spacial score (nSPS) is 11.1. The summed E-state index contributed by atoms with van der Waals surface area (Å²) in [5, 5.41) is 23.3. The highest BCUT2D eigenvalue weighted by atomic mass is 35.5. The summed E-state index contributed by atoms with van der Waals surface area (Å²) in [5.74, 6) is 0.528. The average Bonchev–Trinajstić information content (AvgIpc) is 2.91. The summed E-state index contributed by atoms with van der Waals surface area (Å²) < 4.78 is 1.72. The highest BCUT2D eigenvalue weighted by Crippen LogP contribution is 2.28. The molecule has 0 N–H and O–H groups in total. The summed E-state index contributed by atoms with van der Waals surface area (Å²) in [6.45, 7) is 1.51. The van der Waals surface area contributed by atoms with Crippen LogP contribution in [0.3, 0.4) is 0 Å². The molecule has 0 bridgehead atoms. The van der Waals surface area contributed by atoms with Crippen molar-refractivity contribution in [2.75, 3.05) is 20.6 Å². The van der Waals surface area contributed by atoms with Gasteiger partial charge in [-0.1, -0.05) is 29.4 Å². The molecule has 118 valence electrons. The van der Waals surface area contributed by atoms with Crippen LogP contribution in [0.2, 0.25) is 5.02 Å². The number of nitro benzene ring substituents is 1. The number of tetrazole rings is 1. The van der Waals surface area contributed by atoms with Gasteiger partial charge in [-0.25, -0.2) is 4.68 Å². The molecule has 0 aliphatic heterocycles. The maximum Gasteiger partial charge on any atom is 0.288 e. The molecule has 1 heterocycles. The maximum atomic E-state index is 10.9. The van der Waals surface area contributed by atoms with E-state index in [9.17, 15) is 10.1 Å². The van der Waals surface area contributed by atoms with Crippen molar-refractivity contribution in [3.8, 4) is 0 Å². The van der Waals surface area contributed by atoms with Crippen LogP contribution in [0, 0.1) is 10.1 Å². The lowest BCUT2D eigenvalue weighted by Crippen LogP contribution is -2.19. The van der Waals surface area contributed by atoms with Gasteiger partial charge in [0.1, 0.15) is 5.02 Å². The minimum atomic E-state index is -0.488. The first kappa shape index (κ1) is 16.7. The van der Waals surface area contributed by atoms with Gasteiger partial charge in [0.15, 0.2) is 0 Å². The van der Waals surface area contributed by atoms with E-state index in [0.29, 0.717) is 17.5 Å². The molecule has 22 heavy (non-hydrogen) atoms. The van der Waals surface area contributed by atoms with E-state index in [1.807, 2.05) is 19.0 Å². The summed E-state index contributed by atoms with van der Waals surface area (Å²) in [7, 11) is 3.95.